The minimum atomic E-state index is -0.196. The highest BCUT2D eigenvalue weighted by Crippen LogP contribution is 2.31. The number of carbonyl (C=O) groups excluding carboxylic acids is 1. The number of nitrogens with one attached hydrogen (secondary N) is 2. The Morgan fingerprint density at radius 2 is 1.74 bits per heavy atom. The Balaban J connectivity index is 1.84. The number of hydrogen-bond acceptors (Lipinski definition) is 5. The number of para-hydroxylation sites is 1. The highest BCUT2D eigenvalue weighted by atomic mass is 35.5. The van der Waals surface area contributed by atoms with Crippen molar-refractivity contribution in [1.29, 1.82) is 0 Å². The number of amides is 1. The Bertz CT molecular complexity index is 945. The standard InChI is InChI=1S/C20H18ClN3O3/c1-22-20(25)15-5-3-4-6-17(15)24-18-11-19(23-12-16(18)21)27-14-9-7-13(26-2)8-10-14/h3-12H,1-2H3,(H,22,25)(H,23,24). The van der Waals surface area contributed by atoms with Crippen molar-refractivity contribution in [3.63, 3.8) is 0 Å². The minimum absolute atomic E-state index is 0.196. The van der Waals surface area contributed by atoms with Gasteiger partial charge in [0.05, 0.1) is 35.3 Å². The monoisotopic (exact) mass is 383 g/mol. The number of carbonyl (C=O) groups is 1. The SMILES string of the molecule is CNC(=O)c1ccccc1Nc1cc(Oc2ccc(OC)cc2)ncc1Cl. The summed E-state index contributed by atoms with van der Waals surface area (Å²) in [5.41, 5.74) is 1.71. The number of nitrogens with zero attached hydrogens (tertiary/aromatic N) is 1. The third kappa shape index (κ3) is 4.48. The van der Waals surface area contributed by atoms with Gasteiger partial charge in [-0.15, -0.1) is 0 Å². The molecule has 1 amide bonds. The molecular formula is C20H18ClN3O3. The van der Waals surface area contributed by atoms with E-state index in [0.717, 1.165) is 5.75 Å². The second kappa shape index (κ2) is 8.42. The van der Waals surface area contributed by atoms with Gasteiger partial charge < -0.3 is 20.1 Å². The first kappa shape index (κ1) is 18.5. The lowest BCUT2D eigenvalue weighted by Crippen LogP contribution is -2.19. The second-order valence-electron chi connectivity index (χ2n) is 5.53. The maximum absolute atomic E-state index is 12.0. The van der Waals surface area contributed by atoms with E-state index >= 15 is 0 Å². The van der Waals surface area contributed by atoms with Crippen LogP contribution >= 0.6 is 11.6 Å². The van der Waals surface area contributed by atoms with Gasteiger partial charge in [-0.1, -0.05) is 23.7 Å². The van der Waals surface area contributed by atoms with Gasteiger partial charge in [-0.2, -0.15) is 0 Å². The van der Waals surface area contributed by atoms with Crippen molar-refractivity contribution in [1.82, 2.24) is 10.3 Å². The Morgan fingerprint density at radius 3 is 2.44 bits per heavy atom. The third-order valence-electron chi connectivity index (χ3n) is 3.78. The molecule has 7 heteroatoms. The second-order valence-corrected chi connectivity index (χ2v) is 5.94. The number of rotatable bonds is 6. The van der Waals surface area contributed by atoms with Crippen molar-refractivity contribution in [2.45, 2.75) is 0 Å². The topological polar surface area (TPSA) is 72.5 Å². The molecule has 2 aromatic carbocycles. The van der Waals surface area contributed by atoms with Crippen molar-refractivity contribution < 1.29 is 14.3 Å². The number of ether oxygens (including phenoxy) is 2. The summed E-state index contributed by atoms with van der Waals surface area (Å²) in [7, 11) is 3.19. The molecule has 0 aliphatic rings. The van der Waals surface area contributed by atoms with Gasteiger partial charge in [0, 0.05) is 13.1 Å². The van der Waals surface area contributed by atoms with Crippen LogP contribution in [0.3, 0.4) is 0 Å². The van der Waals surface area contributed by atoms with Crippen LogP contribution in [0.25, 0.3) is 0 Å². The van der Waals surface area contributed by atoms with Gasteiger partial charge in [0.2, 0.25) is 5.88 Å². The maximum Gasteiger partial charge on any atom is 0.253 e. The number of aromatic nitrogens is 1. The van der Waals surface area contributed by atoms with Crippen LogP contribution in [0.1, 0.15) is 10.4 Å². The van der Waals surface area contributed by atoms with E-state index in [1.54, 1.807) is 62.7 Å². The first-order valence-electron chi connectivity index (χ1n) is 8.16. The molecule has 138 valence electrons. The van der Waals surface area contributed by atoms with E-state index in [0.29, 0.717) is 33.6 Å². The molecule has 0 fully saturated rings. The Labute approximate surface area is 162 Å². The lowest BCUT2D eigenvalue weighted by Gasteiger charge is -2.13. The van der Waals surface area contributed by atoms with Gasteiger partial charge in [-0.05, 0) is 36.4 Å². The molecule has 2 N–H and O–H groups in total. The minimum Gasteiger partial charge on any atom is -0.497 e. The summed E-state index contributed by atoms with van der Waals surface area (Å²) in [5.74, 6) is 1.52. The zero-order valence-electron chi connectivity index (χ0n) is 14.8. The molecule has 1 aromatic heterocycles. The van der Waals surface area contributed by atoms with Gasteiger partial charge >= 0.3 is 0 Å². The van der Waals surface area contributed by atoms with Gasteiger partial charge in [-0.3, -0.25) is 4.79 Å². The van der Waals surface area contributed by atoms with Crippen molar-refractivity contribution in [3.8, 4) is 17.4 Å². The summed E-state index contributed by atoms with van der Waals surface area (Å²) in [5, 5.41) is 6.19. The summed E-state index contributed by atoms with van der Waals surface area (Å²) in [4.78, 5) is 16.2. The number of hydrogen-bond donors (Lipinski definition) is 2. The van der Waals surface area contributed by atoms with Crippen molar-refractivity contribution in [3.05, 3.63) is 71.4 Å². The lowest BCUT2D eigenvalue weighted by molar-refractivity contribution is 0.0964. The number of pyridine rings is 1. The molecule has 0 saturated heterocycles. The molecule has 0 aliphatic heterocycles. The fourth-order valence-electron chi connectivity index (χ4n) is 2.41. The van der Waals surface area contributed by atoms with Crippen molar-refractivity contribution >= 4 is 28.9 Å². The molecule has 3 rings (SSSR count). The van der Waals surface area contributed by atoms with E-state index in [-0.39, 0.29) is 5.91 Å². The number of halogens is 1. The van der Waals surface area contributed by atoms with Crippen LogP contribution in [-0.2, 0) is 0 Å². The van der Waals surface area contributed by atoms with E-state index in [4.69, 9.17) is 21.1 Å². The number of benzene rings is 2. The fourth-order valence-corrected chi connectivity index (χ4v) is 2.56. The molecule has 1 heterocycles. The van der Waals surface area contributed by atoms with Gasteiger partial charge in [0.1, 0.15) is 11.5 Å². The fraction of sp³-hybridized carbons (Fsp3) is 0.100. The third-order valence-corrected chi connectivity index (χ3v) is 4.08. The molecular weight excluding hydrogens is 366 g/mol. The molecule has 0 spiro atoms. The zero-order valence-corrected chi connectivity index (χ0v) is 15.6. The van der Waals surface area contributed by atoms with Crippen molar-refractivity contribution in [2.24, 2.45) is 0 Å². The van der Waals surface area contributed by atoms with Crippen LogP contribution in [0, 0.1) is 0 Å². The first-order valence-corrected chi connectivity index (χ1v) is 8.54. The Kier molecular flexibility index (Phi) is 5.78. The van der Waals surface area contributed by atoms with Crippen LogP contribution in [0.5, 0.6) is 17.4 Å². The van der Waals surface area contributed by atoms with Crippen LogP contribution in [-0.4, -0.2) is 25.0 Å². The first-order chi connectivity index (χ1) is 13.1. The van der Waals surface area contributed by atoms with Gasteiger partial charge in [0.15, 0.2) is 0 Å². The van der Waals surface area contributed by atoms with E-state index < -0.39 is 0 Å². The van der Waals surface area contributed by atoms with Crippen molar-refractivity contribution in [2.75, 3.05) is 19.5 Å². The Hall–Kier alpha value is -3.25. The summed E-state index contributed by atoms with van der Waals surface area (Å²) in [6, 6.07) is 16.0. The molecule has 27 heavy (non-hydrogen) atoms. The van der Waals surface area contributed by atoms with E-state index in [2.05, 4.69) is 15.6 Å². The highest BCUT2D eigenvalue weighted by molar-refractivity contribution is 6.33. The number of anilines is 2. The van der Waals surface area contributed by atoms with Crippen LogP contribution < -0.4 is 20.1 Å². The molecule has 0 radical (unpaired) electrons. The lowest BCUT2D eigenvalue weighted by atomic mass is 10.1. The van der Waals surface area contributed by atoms with E-state index in [9.17, 15) is 4.79 Å². The van der Waals surface area contributed by atoms with E-state index in [1.807, 2.05) is 6.07 Å². The average Bonchev–Trinajstić information content (AvgIpc) is 2.71. The number of methoxy groups -OCH3 is 1. The maximum atomic E-state index is 12.0. The van der Waals surface area contributed by atoms with Gasteiger partial charge in [0.25, 0.3) is 5.91 Å². The summed E-state index contributed by atoms with van der Waals surface area (Å²) < 4.78 is 10.9. The summed E-state index contributed by atoms with van der Waals surface area (Å²) in [6.45, 7) is 0. The molecule has 0 atom stereocenters. The molecule has 6 nitrogen and oxygen atoms in total. The predicted octanol–water partition coefficient (Wildman–Crippen LogP) is 4.64. The predicted molar refractivity (Wildman–Crippen MR) is 105 cm³/mol. The molecule has 0 unspecified atom stereocenters. The Morgan fingerprint density at radius 1 is 1.04 bits per heavy atom. The van der Waals surface area contributed by atoms with Crippen LogP contribution in [0.2, 0.25) is 5.02 Å². The smallest absolute Gasteiger partial charge is 0.253 e. The van der Waals surface area contributed by atoms with Crippen LogP contribution in [0.15, 0.2) is 60.8 Å². The molecule has 0 saturated carbocycles. The quantitative estimate of drug-likeness (QED) is 0.648. The summed E-state index contributed by atoms with van der Waals surface area (Å²) in [6.07, 6.45) is 1.49. The van der Waals surface area contributed by atoms with E-state index in [1.165, 1.54) is 6.20 Å². The normalized spacial score (nSPS) is 10.2. The summed E-state index contributed by atoms with van der Waals surface area (Å²) >= 11 is 6.26. The highest BCUT2D eigenvalue weighted by Gasteiger charge is 2.12. The molecule has 0 bridgehead atoms. The molecule has 3 aromatic rings. The zero-order chi connectivity index (χ0) is 19.2. The molecule has 0 aliphatic carbocycles. The largest absolute Gasteiger partial charge is 0.497 e. The average molecular weight is 384 g/mol. The van der Waals surface area contributed by atoms with Crippen LogP contribution in [0.4, 0.5) is 11.4 Å². The van der Waals surface area contributed by atoms with Gasteiger partial charge in [-0.25, -0.2) is 4.98 Å².